The molecule has 0 saturated heterocycles. The fourth-order valence-corrected chi connectivity index (χ4v) is 2.99. The summed E-state index contributed by atoms with van der Waals surface area (Å²) in [5, 5.41) is 0.816. The number of nitrogens with zero attached hydrogens (tertiary/aromatic N) is 2. The fourth-order valence-electron chi connectivity index (χ4n) is 2.69. The monoisotopic (exact) mass is 388 g/mol. The third-order valence-corrected chi connectivity index (χ3v) is 4.85. The highest BCUT2D eigenvalue weighted by Gasteiger charge is 2.24. The summed E-state index contributed by atoms with van der Waals surface area (Å²) in [7, 11) is 0. The molecular weight excluding hydrogens is 371 g/mol. The molecule has 0 unspecified atom stereocenters. The Balaban J connectivity index is 1.85. The molecule has 2 aromatic rings. The number of anilines is 1. The molecule has 26 heavy (non-hydrogen) atoms. The Morgan fingerprint density at radius 3 is 2.35 bits per heavy atom. The molecule has 0 radical (unpaired) electrons. The maximum atomic E-state index is 12.1. The van der Waals surface area contributed by atoms with E-state index in [4.69, 9.17) is 27.9 Å². The molecule has 1 aliphatic rings. The summed E-state index contributed by atoms with van der Waals surface area (Å²) in [6, 6.07) is 13.0. The topological polar surface area (TPSA) is 41.9 Å². The van der Waals surface area contributed by atoms with E-state index in [0.29, 0.717) is 15.6 Å². The van der Waals surface area contributed by atoms with E-state index in [-0.39, 0.29) is 11.6 Å². The number of esters is 1. The highest BCUT2D eigenvalue weighted by molar-refractivity contribution is 6.42. The summed E-state index contributed by atoms with van der Waals surface area (Å²) in [4.78, 5) is 18.7. The first-order chi connectivity index (χ1) is 12.5. The van der Waals surface area contributed by atoms with Crippen molar-refractivity contribution in [1.29, 1.82) is 0 Å². The molecule has 0 atom stereocenters. The number of hydrogen-bond donors (Lipinski definition) is 0. The highest BCUT2D eigenvalue weighted by Crippen LogP contribution is 2.26. The van der Waals surface area contributed by atoms with Gasteiger partial charge >= 0.3 is 5.97 Å². The third-order valence-electron chi connectivity index (χ3n) is 4.11. The van der Waals surface area contributed by atoms with E-state index in [1.54, 1.807) is 24.3 Å². The number of hydrogen-bond acceptors (Lipinski definition) is 4. The SMILES string of the molecule is CCN(CC)c1ccc(/C=C2/N=C(c3ccc(Cl)c(Cl)c3)OC2=O)cc1. The maximum absolute atomic E-state index is 12.1. The van der Waals surface area contributed by atoms with Gasteiger partial charge in [-0.1, -0.05) is 35.3 Å². The largest absolute Gasteiger partial charge is 0.402 e. The summed E-state index contributed by atoms with van der Waals surface area (Å²) in [6.45, 7) is 6.13. The lowest BCUT2D eigenvalue weighted by Crippen LogP contribution is -2.21. The van der Waals surface area contributed by atoms with Gasteiger partial charge in [0, 0.05) is 24.3 Å². The summed E-state index contributed by atoms with van der Waals surface area (Å²) in [5.41, 5.74) is 2.88. The number of benzene rings is 2. The van der Waals surface area contributed by atoms with Crippen molar-refractivity contribution in [2.24, 2.45) is 4.99 Å². The molecule has 3 rings (SSSR count). The average Bonchev–Trinajstić information content (AvgIpc) is 3.00. The molecule has 2 aromatic carbocycles. The van der Waals surface area contributed by atoms with Crippen LogP contribution in [0.2, 0.25) is 10.0 Å². The standard InChI is InChI=1S/C20H18Cl2N2O2/c1-3-24(4-2)15-8-5-13(6-9-15)11-18-20(25)26-19(23-18)14-7-10-16(21)17(22)12-14/h5-12H,3-4H2,1-2H3/b18-11+. The lowest BCUT2D eigenvalue weighted by Gasteiger charge is -2.20. The second kappa shape index (κ2) is 7.94. The van der Waals surface area contributed by atoms with Crippen LogP contribution in [0, 0.1) is 0 Å². The third kappa shape index (κ3) is 3.92. The van der Waals surface area contributed by atoms with Gasteiger partial charge in [0.1, 0.15) is 0 Å². The number of cyclic esters (lactones) is 1. The predicted molar refractivity (Wildman–Crippen MR) is 107 cm³/mol. The van der Waals surface area contributed by atoms with Crippen molar-refractivity contribution in [3.05, 3.63) is 69.3 Å². The van der Waals surface area contributed by atoms with Gasteiger partial charge in [-0.25, -0.2) is 9.79 Å². The Kier molecular flexibility index (Phi) is 5.64. The van der Waals surface area contributed by atoms with Crippen molar-refractivity contribution in [2.45, 2.75) is 13.8 Å². The van der Waals surface area contributed by atoms with E-state index < -0.39 is 5.97 Å². The minimum Gasteiger partial charge on any atom is -0.402 e. The Morgan fingerprint density at radius 1 is 1.04 bits per heavy atom. The van der Waals surface area contributed by atoms with Gasteiger partial charge in [-0.05, 0) is 55.8 Å². The van der Waals surface area contributed by atoms with Gasteiger partial charge in [0.15, 0.2) is 5.70 Å². The minimum atomic E-state index is -0.487. The van der Waals surface area contributed by atoms with Gasteiger partial charge in [-0.2, -0.15) is 0 Å². The average molecular weight is 389 g/mol. The molecule has 0 aliphatic carbocycles. The summed E-state index contributed by atoms with van der Waals surface area (Å²) < 4.78 is 5.26. The van der Waals surface area contributed by atoms with Gasteiger partial charge in [0.2, 0.25) is 5.90 Å². The molecule has 1 heterocycles. The van der Waals surface area contributed by atoms with Crippen molar-refractivity contribution in [1.82, 2.24) is 0 Å². The van der Waals surface area contributed by atoms with Crippen LogP contribution < -0.4 is 4.90 Å². The van der Waals surface area contributed by atoms with E-state index in [0.717, 1.165) is 24.3 Å². The molecule has 0 N–H and O–H groups in total. The van der Waals surface area contributed by atoms with Gasteiger partial charge in [-0.3, -0.25) is 0 Å². The molecule has 4 nitrogen and oxygen atoms in total. The van der Waals surface area contributed by atoms with Gasteiger partial charge < -0.3 is 9.64 Å². The van der Waals surface area contributed by atoms with Crippen molar-refractivity contribution in [3.63, 3.8) is 0 Å². The second-order valence-electron chi connectivity index (χ2n) is 5.73. The van der Waals surface area contributed by atoms with Crippen LogP contribution in [0.5, 0.6) is 0 Å². The fraction of sp³-hybridized carbons (Fsp3) is 0.200. The first kappa shape index (κ1) is 18.5. The zero-order valence-electron chi connectivity index (χ0n) is 14.5. The van der Waals surface area contributed by atoms with Crippen LogP contribution >= 0.6 is 23.2 Å². The number of halogens is 2. The summed E-state index contributed by atoms with van der Waals surface area (Å²) in [5.74, 6) is -0.265. The molecule has 0 bridgehead atoms. The van der Waals surface area contributed by atoms with E-state index >= 15 is 0 Å². The van der Waals surface area contributed by atoms with Gasteiger partial charge in [-0.15, -0.1) is 0 Å². The minimum absolute atomic E-state index is 0.222. The van der Waals surface area contributed by atoms with E-state index in [1.165, 1.54) is 0 Å². The van der Waals surface area contributed by atoms with Crippen molar-refractivity contribution in [3.8, 4) is 0 Å². The maximum Gasteiger partial charge on any atom is 0.363 e. The van der Waals surface area contributed by atoms with Gasteiger partial charge in [0.25, 0.3) is 0 Å². The zero-order valence-corrected chi connectivity index (χ0v) is 16.0. The normalized spacial score (nSPS) is 15.2. The predicted octanol–water partition coefficient (Wildman–Crippen LogP) is 5.18. The van der Waals surface area contributed by atoms with Crippen molar-refractivity contribution < 1.29 is 9.53 Å². The van der Waals surface area contributed by atoms with Crippen LogP contribution in [0.3, 0.4) is 0 Å². The Hall–Kier alpha value is -2.30. The highest BCUT2D eigenvalue weighted by atomic mass is 35.5. The molecule has 0 aromatic heterocycles. The zero-order chi connectivity index (χ0) is 18.7. The molecular formula is C20H18Cl2N2O2. The molecule has 134 valence electrons. The van der Waals surface area contributed by atoms with Crippen molar-refractivity contribution >= 4 is 46.8 Å². The van der Waals surface area contributed by atoms with Crippen LogP contribution in [0.25, 0.3) is 6.08 Å². The van der Waals surface area contributed by atoms with Crippen LogP contribution in [0.15, 0.2) is 53.2 Å². The second-order valence-corrected chi connectivity index (χ2v) is 6.54. The summed E-state index contributed by atoms with van der Waals surface area (Å²) >= 11 is 11.9. The number of carbonyl (C=O) groups is 1. The molecule has 0 spiro atoms. The van der Waals surface area contributed by atoms with E-state index in [1.807, 2.05) is 24.3 Å². The first-order valence-electron chi connectivity index (χ1n) is 8.34. The first-order valence-corrected chi connectivity index (χ1v) is 9.10. The van der Waals surface area contributed by atoms with E-state index in [9.17, 15) is 4.79 Å². The Labute approximate surface area is 162 Å². The number of rotatable bonds is 5. The molecule has 0 amide bonds. The molecule has 1 aliphatic heterocycles. The molecule has 0 saturated carbocycles. The van der Waals surface area contributed by atoms with Crippen LogP contribution in [-0.4, -0.2) is 25.0 Å². The molecule has 6 heteroatoms. The lowest BCUT2D eigenvalue weighted by atomic mass is 10.1. The summed E-state index contributed by atoms with van der Waals surface area (Å²) in [6.07, 6.45) is 1.71. The van der Waals surface area contributed by atoms with Crippen LogP contribution in [0.1, 0.15) is 25.0 Å². The van der Waals surface area contributed by atoms with Crippen molar-refractivity contribution in [2.75, 3.05) is 18.0 Å². The number of carbonyl (C=O) groups excluding carboxylic acids is 1. The Bertz CT molecular complexity index is 885. The van der Waals surface area contributed by atoms with Crippen LogP contribution in [-0.2, 0) is 9.53 Å². The van der Waals surface area contributed by atoms with Gasteiger partial charge in [0.05, 0.1) is 10.0 Å². The van der Waals surface area contributed by atoms with Crippen LogP contribution in [0.4, 0.5) is 5.69 Å². The lowest BCUT2D eigenvalue weighted by molar-refractivity contribution is -0.129. The number of aliphatic imine (C=N–C) groups is 1. The molecule has 0 fully saturated rings. The Morgan fingerprint density at radius 2 is 1.73 bits per heavy atom. The number of ether oxygens (including phenoxy) is 1. The quantitative estimate of drug-likeness (QED) is 0.523. The van der Waals surface area contributed by atoms with E-state index in [2.05, 4.69) is 23.7 Å². The smallest absolute Gasteiger partial charge is 0.363 e.